The number of rotatable bonds is 1. The van der Waals surface area contributed by atoms with Gasteiger partial charge in [-0.15, -0.1) is 0 Å². The molecule has 15 heavy (non-hydrogen) atoms. The van der Waals surface area contributed by atoms with Gasteiger partial charge in [-0.25, -0.2) is 9.42 Å². The first kappa shape index (κ1) is 9.91. The molecular formula is C8H11N3O4. The van der Waals surface area contributed by atoms with Gasteiger partial charge in [-0.05, 0) is 6.92 Å². The summed E-state index contributed by atoms with van der Waals surface area (Å²) in [5.74, 6) is 0. The second kappa shape index (κ2) is 3.85. The highest BCUT2D eigenvalue weighted by atomic mass is 16.6. The van der Waals surface area contributed by atoms with E-state index in [1.807, 2.05) is 0 Å². The molecule has 0 spiro atoms. The van der Waals surface area contributed by atoms with Crippen molar-refractivity contribution in [3.63, 3.8) is 0 Å². The molecule has 2 rings (SSSR count). The Balaban J connectivity index is 2.12. The number of hydrogen-bond donors (Lipinski definition) is 1. The molecule has 2 heterocycles. The fraction of sp³-hybridized carbons (Fsp3) is 0.625. The van der Waals surface area contributed by atoms with Crippen LogP contribution in [0.5, 0.6) is 0 Å². The number of aliphatic hydroxyl groups excluding tert-OH is 1. The minimum absolute atomic E-state index is 0.153. The minimum atomic E-state index is -0.857. The van der Waals surface area contributed by atoms with Crippen molar-refractivity contribution in [2.24, 2.45) is 0 Å². The van der Waals surface area contributed by atoms with Crippen molar-refractivity contribution in [2.75, 3.05) is 13.2 Å². The van der Waals surface area contributed by atoms with Gasteiger partial charge in [0.25, 0.3) is 0 Å². The van der Waals surface area contributed by atoms with Gasteiger partial charge >= 0.3 is 6.09 Å². The van der Waals surface area contributed by atoms with Gasteiger partial charge in [-0.2, -0.15) is 0 Å². The number of aliphatic hydroxyl groups is 1. The van der Waals surface area contributed by atoms with Crippen LogP contribution >= 0.6 is 0 Å². The molecule has 1 N–H and O–H groups in total. The standard InChI is InChI=1S/C8H11N3O4/c1-2-14-8(13)11-3-5-7(6(12)4-11)10-15-9-5/h6,12H,2-4H2,1H3. The average molecular weight is 213 g/mol. The van der Waals surface area contributed by atoms with Crippen LogP contribution in [-0.2, 0) is 11.3 Å². The van der Waals surface area contributed by atoms with Crippen molar-refractivity contribution < 1.29 is 19.3 Å². The minimum Gasteiger partial charge on any atom is -0.450 e. The van der Waals surface area contributed by atoms with Crippen molar-refractivity contribution in [1.29, 1.82) is 0 Å². The van der Waals surface area contributed by atoms with Crippen molar-refractivity contribution in [3.05, 3.63) is 11.4 Å². The summed E-state index contributed by atoms with van der Waals surface area (Å²) in [4.78, 5) is 12.8. The molecule has 0 fully saturated rings. The third-order valence-corrected chi connectivity index (χ3v) is 2.16. The molecule has 1 atom stereocenters. The Labute approximate surface area is 85.6 Å². The average Bonchev–Trinajstić information content (AvgIpc) is 2.66. The van der Waals surface area contributed by atoms with E-state index in [4.69, 9.17) is 4.74 Å². The van der Waals surface area contributed by atoms with Gasteiger partial charge < -0.3 is 9.84 Å². The number of ether oxygens (including phenoxy) is 1. The number of β-amino-alcohol motifs (C(OH)–C–C–N with tert-alkyl or cyclic N) is 1. The lowest BCUT2D eigenvalue weighted by Gasteiger charge is -2.26. The lowest BCUT2D eigenvalue weighted by Crippen LogP contribution is -2.38. The summed E-state index contributed by atoms with van der Waals surface area (Å²) in [6.45, 7) is 2.44. The van der Waals surface area contributed by atoms with Crippen LogP contribution in [0.2, 0.25) is 0 Å². The number of hydrogen-bond acceptors (Lipinski definition) is 6. The molecule has 0 radical (unpaired) electrons. The number of fused-ring (bicyclic) bond motifs is 1. The predicted octanol–water partition coefficient (Wildman–Crippen LogP) is 0.0751. The predicted molar refractivity (Wildman–Crippen MR) is 46.7 cm³/mol. The molecule has 0 saturated carbocycles. The zero-order valence-corrected chi connectivity index (χ0v) is 8.21. The highest BCUT2D eigenvalue weighted by molar-refractivity contribution is 5.68. The van der Waals surface area contributed by atoms with Crippen LogP contribution in [0.4, 0.5) is 4.79 Å². The first-order valence-electron chi connectivity index (χ1n) is 4.63. The van der Waals surface area contributed by atoms with Crippen LogP contribution in [0, 0.1) is 0 Å². The van der Waals surface area contributed by atoms with Gasteiger partial charge in [0.05, 0.1) is 19.7 Å². The van der Waals surface area contributed by atoms with Crippen molar-refractivity contribution in [1.82, 2.24) is 15.2 Å². The summed E-state index contributed by atoms with van der Waals surface area (Å²) >= 11 is 0. The Morgan fingerprint density at radius 2 is 2.53 bits per heavy atom. The summed E-state index contributed by atoms with van der Waals surface area (Å²) in [6, 6.07) is 0. The van der Waals surface area contributed by atoms with E-state index in [0.717, 1.165) is 0 Å². The van der Waals surface area contributed by atoms with Crippen molar-refractivity contribution in [3.8, 4) is 0 Å². The van der Waals surface area contributed by atoms with Gasteiger partial charge in [0.1, 0.15) is 17.5 Å². The molecule has 0 aromatic carbocycles. The normalized spacial score (nSPS) is 19.9. The SMILES string of the molecule is CCOC(=O)N1Cc2nonc2C(O)C1. The molecule has 1 aromatic rings. The fourth-order valence-electron chi connectivity index (χ4n) is 1.47. The zero-order valence-electron chi connectivity index (χ0n) is 8.21. The monoisotopic (exact) mass is 213 g/mol. The van der Waals surface area contributed by atoms with Gasteiger partial charge in [-0.3, -0.25) is 4.90 Å². The van der Waals surface area contributed by atoms with Crippen molar-refractivity contribution >= 4 is 6.09 Å². The largest absolute Gasteiger partial charge is 0.450 e. The molecule has 1 aromatic heterocycles. The van der Waals surface area contributed by atoms with E-state index in [-0.39, 0.29) is 13.1 Å². The number of nitrogens with zero attached hydrogens (tertiary/aromatic N) is 3. The number of carbonyl (C=O) groups excluding carboxylic acids is 1. The number of carbonyl (C=O) groups is 1. The molecule has 0 saturated heterocycles. The lowest BCUT2D eigenvalue weighted by atomic mass is 10.1. The summed E-state index contributed by atoms with van der Waals surface area (Å²) in [5, 5.41) is 16.8. The molecule has 0 aliphatic carbocycles. The van der Waals surface area contributed by atoms with Crippen LogP contribution in [0.15, 0.2) is 4.63 Å². The van der Waals surface area contributed by atoms with E-state index >= 15 is 0 Å². The molecule has 7 nitrogen and oxygen atoms in total. The Morgan fingerprint density at radius 1 is 1.73 bits per heavy atom. The van der Waals surface area contributed by atoms with Gasteiger partial charge in [0.15, 0.2) is 0 Å². The van der Waals surface area contributed by atoms with E-state index < -0.39 is 12.2 Å². The second-order valence-corrected chi connectivity index (χ2v) is 3.19. The van der Waals surface area contributed by atoms with E-state index in [0.29, 0.717) is 18.0 Å². The molecule has 7 heteroatoms. The van der Waals surface area contributed by atoms with Crippen LogP contribution < -0.4 is 0 Å². The van der Waals surface area contributed by atoms with E-state index in [1.54, 1.807) is 6.92 Å². The quantitative estimate of drug-likeness (QED) is 0.710. The van der Waals surface area contributed by atoms with Crippen LogP contribution in [0.25, 0.3) is 0 Å². The molecule has 0 bridgehead atoms. The second-order valence-electron chi connectivity index (χ2n) is 3.19. The maximum atomic E-state index is 11.4. The van der Waals surface area contributed by atoms with Crippen LogP contribution in [0.1, 0.15) is 24.4 Å². The molecule has 1 aliphatic heterocycles. The topological polar surface area (TPSA) is 88.7 Å². The van der Waals surface area contributed by atoms with Gasteiger partial charge in [-0.1, -0.05) is 10.3 Å². The van der Waals surface area contributed by atoms with E-state index in [2.05, 4.69) is 14.9 Å². The first-order valence-corrected chi connectivity index (χ1v) is 4.63. The summed E-state index contributed by atoms with van der Waals surface area (Å²) < 4.78 is 9.31. The highest BCUT2D eigenvalue weighted by Crippen LogP contribution is 2.23. The van der Waals surface area contributed by atoms with Crippen molar-refractivity contribution in [2.45, 2.75) is 19.6 Å². The fourth-order valence-corrected chi connectivity index (χ4v) is 1.47. The van der Waals surface area contributed by atoms with Gasteiger partial charge in [0, 0.05) is 0 Å². The molecule has 1 unspecified atom stereocenters. The maximum absolute atomic E-state index is 11.4. The van der Waals surface area contributed by atoms with Gasteiger partial charge in [0.2, 0.25) is 0 Å². The first-order chi connectivity index (χ1) is 7.22. The number of amides is 1. The molecule has 1 aliphatic rings. The lowest BCUT2D eigenvalue weighted by molar-refractivity contribution is 0.0608. The van der Waals surface area contributed by atoms with Crippen LogP contribution in [-0.4, -0.2) is 39.6 Å². The molecular weight excluding hydrogens is 202 g/mol. The Morgan fingerprint density at radius 3 is 3.27 bits per heavy atom. The summed E-state index contributed by atoms with van der Waals surface area (Å²) in [6.07, 6.45) is -1.32. The molecule has 82 valence electrons. The van der Waals surface area contributed by atoms with E-state index in [9.17, 15) is 9.90 Å². The van der Waals surface area contributed by atoms with Crippen LogP contribution in [0.3, 0.4) is 0 Å². The highest BCUT2D eigenvalue weighted by Gasteiger charge is 2.31. The zero-order chi connectivity index (χ0) is 10.8. The Hall–Kier alpha value is -1.63. The number of aromatic nitrogens is 2. The third kappa shape index (κ3) is 1.78. The summed E-state index contributed by atoms with van der Waals surface area (Å²) in [5.41, 5.74) is 0.873. The smallest absolute Gasteiger partial charge is 0.410 e. The third-order valence-electron chi connectivity index (χ3n) is 2.16. The maximum Gasteiger partial charge on any atom is 0.410 e. The Bertz CT molecular complexity index is 365. The summed E-state index contributed by atoms with van der Waals surface area (Å²) in [7, 11) is 0. The Kier molecular flexibility index (Phi) is 2.55. The van der Waals surface area contributed by atoms with E-state index in [1.165, 1.54) is 4.90 Å². The molecule has 1 amide bonds.